The molecule has 0 spiro atoms. The fraction of sp³-hybridized carbons (Fsp3) is 0.233. The first-order valence-electron chi connectivity index (χ1n) is 13.2. The number of rotatable bonds is 8. The van der Waals surface area contributed by atoms with E-state index in [2.05, 4.69) is 44.6 Å². The van der Waals surface area contributed by atoms with E-state index in [9.17, 15) is 13.2 Å². The Kier molecular flexibility index (Phi) is 6.85. The van der Waals surface area contributed by atoms with Gasteiger partial charge in [-0.05, 0) is 55.2 Å². The molecule has 0 atom stereocenters. The van der Waals surface area contributed by atoms with E-state index >= 15 is 0 Å². The van der Waals surface area contributed by atoms with Gasteiger partial charge in [-0.15, -0.1) is 0 Å². The lowest BCUT2D eigenvalue weighted by Gasteiger charge is -2.16. The van der Waals surface area contributed by atoms with Crippen molar-refractivity contribution in [2.45, 2.75) is 31.2 Å². The maximum atomic E-state index is 13.4. The second-order valence-corrected chi connectivity index (χ2v) is 12.0. The Labute approximate surface area is 233 Å². The van der Waals surface area contributed by atoms with Gasteiger partial charge in [0.15, 0.2) is 15.7 Å². The summed E-state index contributed by atoms with van der Waals surface area (Å²) in [4.78, 5) is 19.6. The number of aryl methyl sites for hydroxylation is 1. The highest BCUT2D eigenvalue weighted by Crippen LogP contribution is 2.29. The van der Waals surface area contributed by atoms with Crippen LogP contribution in [-0.4, -0.2) is 47.9 Å². The Bertz CT molecular complexity index is 1790. The van der Waals surface area contributed by atoms with Crippen molar-refractivity contribution in [1.29, 1.82) is 0 Å². The highest BCUT2D eigenvalue weighted by molar-refractivity contribution is 7.92. The van der Waals surface area contributed by atoms with Gasteiger partial charge in [-0.2, -0.15) is 0 Å². The van der Waals surface area contributed by atoms with E-state index in [1.165, 1.54) is 18.9 Å². The first kappa shape index (κ1) is 25.8. The molecule has 6 rings (SSSR count). The Morgan fingerprint density at radius 3 is 2.60 bits per heavy atom. The first-order valence-corrected chi connectivity index (χ1v) is 14.8. The summed E-state index contributed by atoms with van der Waals surface area (Å²) in [5, 5.41) is 6.76. The van der Waals surface area contributed by atoms with Crippen molar-refractivity contribution >= 4 is 38.3 Å². The number of pyridine rings is 1. The zero-order valence-corrected chi connectivity index (χ0v) is 22.9. The summed E-state index contributed by atoms with van der Waals surface area (Å²) < 4.78 is 33.6. The Morgan fingerprint density at radius 2 is 1.85 bits per heavy atom. The summed E-state index contributed by atoms with van der Waals surface area (Å²) in [6.07, 6.45) is 5.94. The summed E-state index contributed by atoms with van der Waals surface area (Å²) in [7, 11) is -3.94. The molecular weight excluding hydrogens is 526 g/mol. The van der Waals surface area contributed by atoms with Gasteiger partial charge in [0.05, 0.1) is 4.90 Å². The van der Waals surface area contributed by atoms with Crippen molar-refractivity contribution in [3.63, 3.8) is 0 Å². The van der Waals surface area contributed by atoms with Gasteiger partial charge in [0, 0.05) is 56.0 Å². The lowest BCUT2D eigenvalue weighted by Crippen LogP contribution is -2.23. The molecule has 0 bridgehead atoms. The van der Waals surface area contributed by atoms with Gasteiger partial charge in [0.25, 0.3) is 0 Å². The number of hydrogen-bond acceptors (Lipinski definition) is 7. The number of nitrogens with zero attached hydrogens (tertiary/aromatic N) is 4. The van der Waals surface area contributed by atoms with Crippen LogP contribution in [0.25, 0.3) is 22.0 Å². The van der Waals surface area contributed by atoms with E-state index in [-0.39, 0.29) is 12.1 Å². The third kappa shape index (κ3) is 5.35. The summed E-state index contributed by atoms with van der Waals surface area (Å²) in [6.45, 7) is 4.26. The van der Waals surface area contributed by atoms with Crippen LogP contribution in [0.2, 0.25) is 0 Å². The monoisotopic (exact) mass is 557 g/mol. The largest absolute Gasteiger partial charge is 0.360 e. The van der Waals surface area contributed by atoms with Crippen LogP contribution < -0.4 is 10.2 Å². The Balaban J connectivity index is 0.00000337. The van der Waals surface area contributed by atoms with Crippen LogP contribution in [0.5, 0.6) is 0 Å². The van der Waals surface area contributed by atoms with Crippen molar-refractivity contribution in [1.82, 2.24) is 14.7 Å². The number of amides is 1. The molecule has 4 heterocycles. The average molecular weight is 558 g/mol. The maximum absolute atomic E-state index is 13.4. The second-order valence-electron chi connectivity index (χ2n) is 10.1. The van der Waals surface area contributed by atoms with E-state index in [0.29, 0.717) is 17.7 Å². The molecule has 0 aliphatic carbocycles. The molecule has 5 aromatic rings. The third-order valence-corrected chi connectivity index (χ3v) is 8.73. The number of para-hydroxylation sites is 1. The van der Waals surface area contributed by atoms with Crippen LogP contribution in [0.4, 0.5) is 11.6 Å². The molecule has 1 aliphatic rings. The number of carbonyl (C=O) groups is 1. The molecule has 0 saturated carbocycles. The van der Waals surface area contributed by atoms with E-state index in [4.69, 9.17) is 4.52 Å². The minimum absolute atomic E-state index is 0. The molecule has 10 heteroatoms. The van der Waals surface area contributed by atoms with Crippen LogP contribution in [0.1, 0.15) is 25.6 Å². The van der Waals surface area contributed by atoms with Gasteiger partial charge in [0.1, 0.15) is 17.3 Å². The van der Waals surface area contributed by atoms with E-state index in [1.54, 1.807) is 25.3 Å². The molecule has 1 saturated heterocycles. The fourth-order valence-corrected chi connectivity index (χ4v) is 6.55. The molecule has 1 N–H and O–H groups in total. The lowest BCUT2D eigenvalue weighted by molar-refractivity contribution is -0.113. The molecule has 1 amide bonds. The van der Waals surface area contributed by atoms with Crippen LogP contribution in [0.3, 0.4) is 0 Å². The lowest BCUT2D eigenvalue weighted by atomic mass is 10.0. The van der Waals surface area contributed by atoms with E-state index in [1.807, 2.05) is 35.0 Å². The number of aromatic nitrogens is 3. The molecule has 0 radical (unpaired) electrons. The van der Waals surface area contributed by atoms with Gasteiger partial charge >= 0.3 is 0 Å². The zero-order chi connectivity index (χ0) is 27.7. The molecule has 3 aromatic heterocycles. The van der Waals surface area contributed by atoms with Gasteiger partial charge in [0.2, 0.25) is 5.91 Å². The van der Waals surface area contributed by atoms with Gasteiger partial charge in [-0.25, -0.2) is 13.4 Å². The minimum Gasteiger partial charge on any atom is -0.360 e. The smallest absolute Gasteiger partial charge is 0.241 e. The molecular formula is C30H31N5O4S. The molecule has 2 aromatic carbocycles. The molecule has 1 aliphatic heterocycles. The number of carbonyl (C=O) groups excluding carboxylic acids is 1. The molecule has 9 nitrogen and oxygen atoms in total. The molecule has 40 heavy (non-hydrogen) atoms. The SMILES string of the molecule is Cc1cc(NC(=O)CS(=O)(=O)c2cn(Cc3cccc(-c4ccc(N5CCCC5)nc4)c3)c3ccccc23)no1.[HH]. The molecule has 1 fully saturated rings. The van der Waals surface area contributed by atoms with Crippen LogP contribution in [0, 0.1) is 6.92 Å². The number of hydrogen-bond donors (Lipinski definition) is 1. The maximum Gasteiger partial charge on any atom is 0.241 e. The van der Waals surface area contributed by atoms with Gasteiger partial charge < -0.3 is 19.3 Å². The standard InChI is InChI=1S/C30H29N5O4S.H2/c1-21-15-28(33-39-21)32-30(36)20-40(37,38)27-19-35(26-10-3-2-9-25(26)27)18-22-7-6-8-23(16-22)24-11-12-29(31-17-24)34-13-4-5-14-34;/h2-3,6-12,15-17,19H,4-5,13-14,18,20H2,1H3,(H,32,33,36);1H. The Morgan fingerprint density at radius 1 is 1.02 bits per heavy atom. The summed E-state index contributed by atoms with van der Waals surface area (Å²) in [5.74, 6) is 0.321. The van der Waals surface area contributed by atoms with Crippen LogP contribution in [-0.2, 0) is 21.2 Å². The fourth-order valence-electron chi connectivity index (χ4n) is 5.18. The molecule has 0 unspecified atom stereocenters. The van der Waals surface area contributed by atoms with Gasteiger partial charge in [-0.1, -0.05) is 41.6 Å². The predicted molar refractivity (Wildman–Crippen MR) is 156 cm³/mol. The topological polar surface area (TPSA) is 110 Å². The van der Waals surface area contributed by atoms with Crippen molar-refractivity contribution in [3.05, 3.63) is 90.4 Å². The molecule has 206 valence electrons. The van der Waals surface area contributed by atoms with Crippen molar-refractivity contribution < 1.29 is 19.2 Å². The Hall–Kier alpha value is -4.44. The number of sulfone groups is 1. The van der Waals surface area contributed by atoms with Crippen molar-refractivity contribution in [2.75, 3.05) is 29.1 Å². The number of fused-ring (bicyclic) bond motifs is 1. The van der Waals surface area contributed by atoms with Crippen LogP contribution in [0.15, 0.2) is 88.5 Å². The van der Waals surface area contributed by atoms with Crippen LogP contribution >= 0.6 is 0 Å². The summed E-state index contributed by atoms with van der Waals surface area (Å²) in [6, 6.07) is 21.2. The number of nitrogens with one attached hydrogen (secondary N) is 1. The highest BCUT2D eigenvalue weighted by Gasteiger charge is 2.25. The number of anilines is 2. The number of benzene rings is 2. The normalized spacial score (nSPS) is 13.7. The third-order valence-electron chi connectivity index (χ3n) is 7.09. The predicted octanol–water partition coefficient (Wildman–Crippen LogP) is 5.31. The van der Waals surface area contributed by atoms with Crippen molar-refractivity contribution in [2.24, 2.45) is 0 Å². The quantitative estimate of drug-likeness (QED) is 0.275. The zero-order valence-electron chi connectivity index (χ0n) is 22.1. The minimum atomic E-state index is -3.94. The first-order chi connectivity index (χ1) is 19.4. The summed E-state index contributed by atoms with van der Waals surface area (Å²) >= 11 is 0. The second kappa shape index (κ2) is 10.6. The average Bonchev–Trinajstić information content (AvgIpc) is 3.70. The van der Waals surface area contributed by atoms with Crippen molar-refractivity contribution in [3.8, 4) is 11.1 Å². The highest BCUT2D eigenvalue weighted by atomic mass is 32.2. The summed E-state index contributed by atoms with van der Waals surface area (Å²) in [5.41, 5.74) is 3.86. The van der Waals surface area contributed by atoms with E-state index < -0.39 is 21.5 Å². The van der Waals surface area contributed by atoms with E-state index in [0.717, 1.165) is 41.1 Å². The van der Waals surface area contributed by atoms with Gasteiger partial charge in [-0.3, -0.25) is 4.79 Å².